The molecule has 1 atom stereocenters. The third-order valence-corrected chi connectivity index (χ3v) is 5.81. The Kier molecular flexibility index (Phi) is 5.74. The van der Waals surface area contributed by atoms with Crippen LogP contribution >= 0.6 is 47.8 Å². The number of alkyl halides is 1. The van der Waals surface area contributed by atoms with E-state index >= 15 is 0 Å². The van der Waals surface area contributed by atoms with Gasteiger partial charge < -0.3 is 9.47 Å². The summed E-state index contributed by atoms with van der Waals surface area (Å²) in [4.78, 5) is 0.0589. The maximum absolute atomic E-state index is 5.37. The van der Waals surface area contributed by atoms with Gasteiger partial charge in [0.25, 0.3) is 0 Å². The molecule has 0 saturated heterocycles. The molecule has 2 nitrogen and oxygen atoms in total. The van der Waals surface area contributed by atoms with Crippen LogP contribution in [0.4, 0.5) is 0 Å². The van der Waals surface area contributed by atoms with Gasteiger partial charge in [-0.3, -0.25) is 0 Å². The van der Waals surface area contributed by atoms with Gasteiger partial charge >= 0.3 is 0 Å². The highest BCUT2D eigenvalue weighted by atomic mass is 79.9. The highest BCUT2D eigenvalue weighted by Crippen LogP contribution is 2.40. The van der Waals surface area contributed by atoms with Gasteiger partial charge in [-0.1, -0.05) is 53.9 Å². The Bertz CT molecular complexity index is 656. The molecule has 2 rings (SSSR count). The van der Waals surface area contributed by atoms with E-state index in [1.54, 1.807) is 14.2 Å². The fourth-order valence-electron chi connectivity index (χ4n) is 2.05. The highest BCUT2D eigenvalue weighted by Gasteiger charge is 2.17. The molecule has 0 aromatic heterocycles. The molecule has 0 saturated carbocycles. The molecule has 0 aliphatic heterocycles. The zero-order chi connectivity index (χ0) is 15.6. The average molecular weight is 479 g/mol. The van der Waals surface area contributed by atoms with Gasteiger partial charge in [0, 0.05) is 8.95 Å². The zero-order valence-corrected chi connectivity index (χ0v) is 16.7. The molecule has 0 aliphatic rings. The largest absolute Gasteiger partial charge is 0.493 e. The third kappa shape index (κ3) is 3.63. The van der Waals surface area contributed by atoms with E-state index in [1.165, 1.54) is 5.56 Å². The molecule has 21 heavy (non-hydrogen) atoms. The van der Waals surface area contributed by atoms with Crippen molar-refractivity contribution in [1.82, 2.24) is 0 Å². The summed E-state index contributed by atoms with van der Waals surface area (Å²) < 4.78 is 12.8. The van der Waals surface area contributed by atoms with E-state index in [0.29, 0.717) is 0 Å². The number of rotatable bonds is 4. The Hall–Kier alpha value is -0.520. The molecule has 112 valence electrons. The quantitative estimate of drug-likeness (QED) is 0.500. The summed E-state index contributed by atoms with van der Waals surface area (Å²) in [5, 5.41) is 0. The summed E-state index contributed by atoms with van der Waals surface area (Å²) in [6.45, 7) is 2.07. The molecule has 0 N–H and O–H groups in total. The fraction of sp³-hybridized carbons (Fsp3) is 0.250. The lowest BCUT2D eigenvalue weighted by Crippen LogP contribution is -1.98. The number of ether oxygens (including phenoxy) is 2. The van der Waals surface area contributed by atoms with Crippen LogP contribution in [0.3, 0.4) is 0 Å². The van der Waals surface area contributed by atoms with Gasteiger partial charge in [0.15, 0.2) is 11.5 Å². The standard InChI is InChI=1S/C16H15Br3O2/c1-9-6-13(18)11(8-12(9)17)16(19)10-4-5-14(20-2)15(7-10)21-3/h4-8,16H,1-3H3. The van der Waals surface area contributed by atoms with E-state index < -0.39 is 0 Å². The Labute approximate surface area is 150 Å². The van der Waals surface area contributed by atoms with Gasteiger partial charge in [0.2, 0.25) is 0 Å². The highest BCUT2D eigenvalue weighted by molar-refractivity contribution is 9.11. The van der Waals surface area contributed by atoms with Gasteiger partial charge in [-0.25, -0.2) is 0 Å². The second-order valence-corrected chi connectivity index (χ2v) is 7.22. The molecule has 1 unspecified atom stereocenters. The molecular weight excluding hydrogens is 464 g/mol. The van der Waals surface area contributed by atoms with Crippen molar-refractivity contribution in [1.29, 1.82) is 0 Å². The minimum Gasteiger partial charge on any atom is -0.493 e. The van der Waals surface area contributed by atoms with Crippen LogP contribution in [0, 0.1) is 6.92 Å². The fourth-order valence-corrected chi connectivity index (χ4v) is 4.06. The molecule has 0 amide bonds. The number of hydrogen-bond donors (Lipinski definition) is 0. The number of halogens is 3. The Morgan fingerprint density at radius 2 is 1.57 bits per heavy atom. The van der Waals surface area contributed by atoms with Crippen molar-refractivity contribution in [2.45, 2.75) is 11.8 Å². The van der Waals surface area contributed by atoms with E-state index in [4.69, 9.17) is 9.47 Å². The molecule has 0 bridgehead atoms. The van der Waals surface area contributed by atoms with Gasteiger partial charge in [-0.2, -0.15) is 0 Å². The van der Waals surface area contributed by atoms with E-state index in [-0.39, 0.29) is 4.83 Å². The summed E-state index contributed by atoms with van der Waals surface area (Å²) in [5.41, 5.74) is 3.45. The van der Waals surface area contributed by atoms with E-state index in [1.807, 2.05) is 18.2 Å². The lowest BCUT2D eigenvalue weighted by Gasteiger charge is -2.16. The molecule has 2 aromatic carbocycles. The molecule has 2 aromatic rings. The summed E-state index contributed by atoms with van der Waals surface area (Å²) in [6, 6.07) is 10.2. The Balaban J connectivity index is 2.45. The monoisotopic (exact) mass is 476 g/mol. The number of hydrogen-bond acceptors (Lipinski definition) is 2. The van der Waals surface area contributed by atoms with E-state index in [9.17, 15) is 0 Å². The number of methoxy groups -OCH3 is 2. The molecular formula is C16H15Br3O2. The van der Waals surface area contributed by atoms with Crippen molar-refractivity contribution in [2.24, 2.45) is 0 Å². The maximum atomic E-state index is 5.37. The van der Waals surface area contributed by atoms with Crippen LogP contribution < -0.4 is 9.47 Å². The third-order valence-electron chi connectivity index (χ3n) is 3.25. The number of aryl methyl sites for hydroxylation is 1. The van der Waals surface area contributed by atoms with E-state index in [0.717, 1.165) is 31.6 Å². The Morgan fingerprint density at radius 1 is 0.905 bits per heavy atom. The normalized spacial score (nSPS) is 12.1. The van der Waals surface area contributed by atoms with Crippen LogP contribution in [-0.2, 0) is 0 Å². The smallest absolute Gasteiger partial charge is 0.161 e. The first-order valence-corrected chi connectivity index (χ1v) is 8.79. The van der Waals surface area contributed by atoms with Crippen molar-refractivity contribution in [3.05, 3.63) is 56.0 Å². The summed E-state index contributed by atoms with van der Waals surface area (Å²) >= 11 is 11.0. The topological polar surface area (TPSA) is 18.5 Å². The van der Waals surface area contributed by atoms with Crippen molar-refractivity contribution in [3.63, 3.8) is 0 Å². The lowest BCUT2D eigenvalue weighted by molar-refractivity contribution is 0.354. The minimum atomic E-state index is 0.0589. The van der Waals surface area contributed by atoms with Crippen LogP contribution in [0.25, 0.3) is 0 Å². The summed E-state index contributed by atoms with van der Waals surface area (Å²) in [6.07, 6.45) is 0. The van der Waals surface area contributed by atoms with Crippen molar-refractivity contribution in [2.75, 3.05) is 14.2 Å². The lowest BCUT2D eigenvalue weighted by atomic mass is 10.0. The molecule has 0 aliphatic carbocycles. The average Bonchev–Trinajstić information content (AvgIpc) is 2.49. The van der Waals surface area contributed by atoms with Gasteiger partial charge in [0.05, 0.1) is 19.0 Å². The first-order valence-electron chi connectivity index (χ1n) is 6.29. The van der Waals surface area contributed by atoms with Crippen LogP contribution in [0.1, 0.15) is 21.5 Å². The summed E-state index contributed by atoms with van der Waals surface area (Å²) in [5.74, 6) is 1.45. The molecule has 0 fully saturated rings. The second kappa shape index (κ2) is 7.16. The van der Waals surface area contributed by atoms with Crippen LogP contribution in [0.5, 0.6) is 11.5 Å². The molecule has 5 heteroatoms. The SMILES string of the molecule is COc1ccc(C(Br)c2cc(Br)c(C)cc2Br)cc1OC. The van der Waals surface area contributed by atoms with Crippen molar-refractivity contribution < 1.29 is 9.47 Å². The molecule has 0 spiro atoms. The van der Waals surface area contributed by atoms with Crippen LogP contribution in [0.2, 0.25) is 0 Å². The zero-order valence-electron chi connectivity index (χ0n) is 11.9. The number of benzene rings is 2. The Morgan fingerprint density at radius 3 is 2.19 bits per heavy atom. The predicted molar refractivity (Wildman–Crippen MR) is 96.9 cm³/mol. The van der Waals surface area contributed by atoms with Gasteiger partial charge in [-0.15, -0.1) is 0 Å². The minimum absolute atomic E-state index is 0.0589. The van der Waals surface area contributed by atoms with Gasteiger partial charge in [0.1, 0.15) is 0 Å². The van der Waals surface area contributed by atoms with Crippen LogP contribution in [0.15, 0.2) is 39.3 Å². The molecule has 0 radical (unpaired) electrons. The summed E-state index contributed by atoms with van der Waals surface area (Å²) in [7, 11) is 3.28. The van der Waals surface area contributed by atoms with Crippen LogP contribution in [-0.4, -0.2) is 14.2 Å². The predicted octanol–water partition coefficient (Wildman–Crippen LogP) is 6.02. The molecule has 0 heterocycles. The van der Waals surface area contributed by atoms with E-state index in [2.05, 4.69) is 66.8 Å². The van der Waals surface area contributed by atoms with Gasteiger partial charge in [-0.05, 0) is 47.9 Å². The first kappa shape index (κ1) is 16.8. The first-order chi connectivity index (χ1) is 9.97. The van der Waals surface area contributed by atoms with Crippen molar-refractivity contribution in [3.8, 4) is 11.5 Å². The maximum Gasteiger partial charge on any atom is 0.161 e. The van der Waals surface area contributed by atoms with Crippen molar-refractivity contribution >= 4 is 47.8 Å². The second-order valence-electron chi connectivity index (χ2n) is 4.60.